The molecule has 0 bridgehead atoms. The van der Waals surface area contributed by atoms with Crippen LogP contribution < -0.4 is 10.2 Å². The maximum atomic E-state index is 13.2. The number of aryl methyl sites for hydroxylation is 2. The largest absolute Gasteiger partial charge is 0.336 e. The van der Waals surface area contributed by atoms with Crippen LogP contribution in [-0.4, -0.2) is 27.3 Å². The number of carbonyl (C=O) groups excluding carboxylic acids is 3. The quantitative estimate of drug-likeness (QED) is 0.221. The summed E-state index contributed by atoms with van der Waals surface area (Å²) in [6.45, 7) is 5.21. The van der Waals surface area contributed by atoms with Crippen LogP contribution in [0.15, 0.2) is 48.0 Å². The molecule has 4 rings (SSSR count). The second kappa shape index (κ2) is 9.01. The fraction of sp³-hybridized carbons (Fsp3) is 0.125. The smallest absolute Gasteiger partial charge is 0.318 e. The molecule has 4 amide bonds. The van der Waals surface area contributed by atoms with Crippen LogP contribution >= 0.6 is 23.2 Å². The highest BCUT2D eigenvalue weighted by molar-refractivity contribution is 6.46. The lowest BCUT2D eigenvalue weighted by Gasteiger charge is -2.27. The summed E-state index contributed by atoms with van der Waals surface area (Å²) in [4.78, 5) is 50.0. The Morgan fingerprint density at radius 3 is 2.43 bits per heavy atom. The normalized spacial score (nSPS) is 15.1. The second-order valence-electron chi connectivity index (χ2n) is 7.92. The average molecular weight is 513 g/mol. The number of benzene rings is 2. The van der Waals surface area contributed by atoms with Crippen molar-refractivity contribution in [1.29, 1.82) is 0 Å². The van der Waals surface area contributed by atoms with Gasteiger partial charge in [0.1, 0.15) is 5.57 Å². The van der Waals surface area contributed by atoms with Gasteiger partial charge in [0.05, 0.1) is 26.3 Å². The molecular weight excluding hydrogens is 495 g/mol. The SMILES string of the molecule is Cc1ccc(-n2c(C)cc(/C=C3\C(=O)NC(=O)N(c4cccc(Cl)c4Cl)C3=O)c2C)cc1[N+](=O)[O-]. The van der Waals surface area contributed by atoms with Gasteiger partial charge in [0.15, 0.2) is 0 Å². The number of imide groups is 2. The topological polar surface area (TPSA) is 115 Å². The van der Waals surface area contributed by atoms with Crippen molar-refractivity contribution in [2.24, 2.45) is 0 Å². The molecule has 35 heavy (non-hydrogen) atoms. The van der Waals surface area contributed by atoms with E-state index >= 15 is 0 Å². The number of hydrogen-bond donors (Lipinski definition) is 1. The fourth-order valence-electron chi connectivity index (χ4n) is 3.96. The molecule has 1 saturated heterocycles. The Morgan fingerprint density at radius 2 is 1.74 bits per heavy atom. The number of hydrogen-bond acceptors (Lipinski definition) is 5. The van der Waals surface area contributed by atoms with E-state index in [2.05, 4.69) is 5.32 Å². The first-order chi connectivity index (χ1) is 16.5. The highest BCUT2D eigenvalue weighted by Crippen LogP contribution is 2.35. The first-order valence-electron chi connectivity index (χ1n) is 10.3. The van der Waals surface area contributed by atoms with Crippen molar-refractivity contribution in [2.75, 3.05) is 4.90 Å². The van der Waals surface area contributed by atoms with E-state index in [9.17, 15) is 24.5 Å². The number of nitrogens with zero attached hydrogens (tertiary/aromatic N) is 3. The van der Waals surface area contributed by atoms with Crippen LogP contribution in [0.3, 0.4) is 0 Å². The van der Waals surface area contributed by atoms with Crippen molar-refractivity contribution < 1.29 is 19.3 Å². The monoisotopic (exact) mass is 512 g/mol. The molecule has 2 aromatic carbocycles. The second-order valence-corrected chi connectivity index (χ2v) is 8.71. The van der Waals surface area contributed by atoms with E-state index in [0.29, 0.717) is 22.5 Å². The van der Waals surface area contributed by atoms with Gasteiger partial charge in [-0.25, -0.2) is 9.69 Å². The van der Waals surface area contributed by atoms with Gasteiger partial charge in [-0.3, -0.25) is 25.0 Å². The summed E-state index contributed by atoms with van der Waals surface area (Å²) in [6, 6.07) is 10.1. The highest BCUT2D eigenvalue weighted by Gasteiger charge is 2.38. The molecule has 9 nitrogen and oxygen atoms in total. The predicted octanol–water partition coefficient (Wildman–Crippen LogP) is 5.28. The van der Waals surface area contributed by atoms with Crippen LogP contribution in [0.2, 0.25) is 10.0 Å². The zero-order valence-corrected chi connectivity index (χ0v) is 20.3. The Labute approximate surface area is 209 Å². The first-order valence-corrected chi connectivity index (χ1v) is 11.1. The summed E-state index contributed by atoms with van der Waals surface area (Å²) in [7, 11) is 0. The molecule has 0 saturated carbocycles. The molecule has 0 unspecified atom stereocenters. The van der Waals surface area contributed by atoms with Crippen molar-refractivity contribution in [3.8, 4) is 5.69 Å². The summed E-state index contributed by atoms with van der Waals surface area (Å²) in [5.41, 5.74) is 2.70. The molecule has 0 radical (unpaired) electrons. The zero-order valence-electron chi connectivity index (χ0n) is 18.8. The number of nitrogens with one attached hydrogen (secondary N) is 1. The number of carbonyl (C=O) groups is 3. The third-order valence-corrected chi connectivity index (χ3v) is 6.50. The van der Waals surface area contributed by atoms with Gasteiger partial charge in [-0.1, -0.05) is 35.3 Å². The molecule has 178 valence electrons. The van der Waals surface area contributed by atoms with Gasteiger partial charge in [-0.15, -0.1) is 0 Å². The van der Waals surface area contributed by atoms with Crippen molar-refractivity contribution in [3.63, 3.8) is 0 Å². The third kappa shape index (κ3) is 4.20. The molecule has 1 aliphatic heterocycles. The zero-order chi connectivity index (χ0) is 25.6. The third-order valence-electron chi connectivity index (χ3n) is 5.69. The van der Waals surface area contributed by atoms with Gasteiger partial charge in [-0.05, 0) is 56.7 Å². The van der Waals surface area contributed by atoms with E-state index in [1.165, 1.54) is 30.3 Å². The number of aromatic nitrogens is 1. The Bertz CT molecular complexity index is 1470. The van der Waals surface area contributed by atoms with Gasteiger partial charge < -0.3 is 4.57 Å². The van der Waals surface area contributed by atoms with E-state index in [1.54, 1.807) is 43.5 Å². The summed E-state index contributed by atoms with van der Waals surface area (Å²) in [5, 5.41) is 13.7. The molecule has 3 aromatic rings. The molecule has 1 N–H and O–H groups in total. The molecule has 0 aliphatic carbocycles. The van der Waals surface area contributed by atoms with Crippen molar-refractivity contribution in [2.45, 2.75) is 20.8 Å². The van der Waals surface area contributed by atoms with Crippen LogP contribution in [-0.2, 0) is 9.59 Å². The molecule has 11 heteroatoms. The molecule has 0 spiro atoms. The van der Waals surface area contributed by atoms with Crippen molar-refractivity contribution in [1.82, 2.24) is 9.88 Å². The van der Waals surface area contributed by atoms with Gasteiger partial charge in [-0.2, -0.15) is 0 Å². The molecule has 0 atom stereocenters. The Balaban J connectivity index is 1.80. The van der Waals surface area contributed by atoms with Crippen LogP contribution in [0, 0.1) is 30.9 Å². The maximum absolute atomic E-state index is 13.2. The van der Waals surface area contributed by atoms with Crippen LogP contribution in [0.25, 0.3) is 11.8 Å². The maximum Gasteiger partial charge on any atom is 0.336 e. The minimum atomic E-state index is -0.946. The van der Waals surface area contributed by atoms with Gasteiger partial charge in [0.25, 0.3) is 17.5 Å². The number of nitro groups is 1. The lowest BCUT2D eigenvalue weighted by Crippen LogP contribution is -2.54. The van der Waals surface area contributed by atoms with Gasteiger partial charge in [0, 0.05) is 23.0 Å². The van der Waals surface area contributed by atoms with Gasteiger partial charge >= 0.3 is 6.03 Å². The van der Waals surface area contributed by atoms with Crippen LogP contribution in [0.1, 0.15) is 22.5 Å². The first kappa shape index (κ1) is 24.2. The Hall–Kier alpha value is -3.95. The summed E-state index contributed by atoms with van der Waals surface area (Å²) in [5.74, 6) is -1.72. The summed E-state index contributed by atoms with van der Waals surface area (Å²) >= 11 is 12.2. The number of rotatable bonds is 4. The highest BCUT2D eigenvalue weighted by atomic mass is 35.5. The number of anilines is 1. The Morgan fingerprint density at radius 1 is 1.03 bits per heavy atom. The van der Waals surface area contributed by atoms with Crippen LogP contribution in [0.4, 0.5) is 16.2 Å². The van der Waals surface area contributed by atoms with E-state index in [0.717, 1.165) is 10.6 Å². The summed E-state index contributed by atoms with van der Waals surface area (Å²) < 4.78 is 1.78. The fourth-order valence-corrected chi connectivity index (χ4v) is 4.34. The number of barbiturate groups is 1. The number of halogens is 2. The molecule has 1 aliphatic rings. The van der Waals surface area contributed by atoms with E-state index < -0.39 is 22.8 Å². The molecule has 1 fully saturated rings. The Kier molecular flexibility index (Phi) is 6.23. The molecule has 2 heterocycles. The lowest BCUT2D eigenvalue weighted by molar-refractivity contribution is -0.385. The minimum absolute atomic E-state index is 0.00879. The predicted molar refractivity (Wildman–Crippen MR) is 132 cm³/mol. The number of nitro benzene ring substituents is 1. The molecular formula is C24H18Cl2N4O5. The average Bonchev–Trinajstić information content (AvgIpc) is 3.07. The standard InChI is InChI=1S/C24H18Cl2N4O5/c1-12-7-8-16(11-20(12)30(34)35)28-13(2)9-15(14(28)3)10-17-22(31)27-24(33)29(23(17)32)19-6-4-5-18(25)21(19)26/h4-11H,1-3H3,(H,27,31,33)/b17-10+. The molecule has 1 aromatic heterocycles. The number of amides is 4. The minimum Gasteiger partial charge on any atom is -0.318 e. The summed E-state index contributed by atoms with van der Waals surface area (Å²) in [6.07, 6.45) is 1.37. The van der Waals surface area contributed by atoms with E-state index in [-0.39, 0.29) is 27.0 Å². The van der Waals surface area contributed by atoms with Gasteiger partial charge in [0.2, 0.25) is 0 Å². The van der Waals surface area contributed by atoms with Crippen molar-refractivity contribution in [3.05, 3.63) is 90.7 Å². The van der Waals surface area contributed by atoms with E-state index in [1.807, 2.05) is 0 Å². The lowest BCUT2D eigenvalue weighted by atomic mass is 10.1. The number of urea groups is 1. The van der Waals surface area contributed by atoms with E-state index in [4.69, 9.17) is 23.2 Å². The van der Waals surface area contributed by atoms with Crippen molar-refractivity contribution >= 4 is 58.5 Å². The van der Waals surface area contributed by atoms with Crippen LogP contribution in [0.5, 0.6) is 0 Å².